The second-order valence-electron chi connectivity index (χ2n) is 4.08. The van der Waals surface area contributed by atoms with Crippen LogP contribution in [0.15, 0.2) is 23.1 Å². The highest BCUT2D eigenvalue weighted by molar-refractivity contribution is 7.89. The van der Waals surface area contributed by atoms with E-state index in [0.29, 0.717) is 6.07 Å². The van der Waals surface area contributed by atoms with Crippen molar-refractivity contribution in [2.45, 2.75) is 10.9 Å². The highest BCUT2D eigenvalue weighted by atomic mass is 32.2. The molecule has 1 saturated heterocycles. The zero-order valence-corrected chi connectivity index (χ0v) is 11.6. The molecule has 1 aromatic carbocycles. The standard InChI is InChI=1S/C11H11FN2O6S/c1-19-11(16)7-3-2-6(12)4-9(7)21(17,18)14-8-5-20-13-10(8)15/h2-4,8,14H,5H2,1H3,(H,13,15)/t8-/m1/s1. The van der Waals surface area contributed by atoms with Crippen molar-refractivity contribution in [1.82, 2.24) is 10.2 Å². The fourth-order valence-corrected chi connectivity index (χ4v) is 3.06. The molecule has 8 nitrogen and oxygen atoms in total. The summed E-state index contributed by atoms with van der Waals surface area (Å²) < 4.78 is 44.2. The van der Waals surface area contributed by atoms with Crippen LogP contribution in [0.1, 0.15) is 10.4 Å². The van der Waals surface area contributed by atoms with E-state index in [-0.39, 0.29) is 12.2 Å². The van der Waals surface area contributed by atoms with Crippen LogP contribution in [-0.4, -0.2) is 40.1 Å². The minimum Gasteiger partial charge on any atom is -0.465 e. The summed E-state index contributed by atoms with van der Waals surface area (Å²) in [6.45, 7) is -0.221. The number of hydroxylamine groups is 1. The molecule has 1 aliphatic rings. The number of esters is 1. The molecule has 10 heteroatoms. The maximum atomic E-state index is 13.3. The molecule has 0 aliphatic carbocycles. The van der Waals surface area contributed by atoms with Gasteiger partial charge in [0.25, 0.3) is 5.91 Å². The average Bonchev–Trinajstić information content (AvgIpc) is 2.82. The Hall–Kier alpha value is -2.04. The van der Waals surface area contributed by atoms with Gasteiger partial charge in [-0.2, -0.15) is 4.72 Å². The van der Waals surface area contributed by atoms with E-state index in [1.54, 1.807) is 0 Å². The van der Waals surface area contributed by atoms with Gasteiger partial charge in [0.1, 0.15) is 18.5 Å². The third-order valence-corrected chi connectivity index (χ3v) is 4.19. The summed E-state index contributed by atoms with van der Waals surface area (Å²) in [5.74, 6) is -2.48. The van der Waals surface area contributed by atoms with Crippen LogP contribution < -0.4 is 10.2 Å². The number of methoxy groups -OCH3 is 1. The quantitative estimate of drug-likeness (QED) is 0.712. The summed E-state index contributed by atoms with van der Waals surface area (Å²) in [7, 11) is -3.25. The highest BCUT2D eigenvalue weighted by Crippen LogP contribution is 2.19. The van der Waals surface area contributed by atoms with Crippen LogP contribution >= 0.6 is 0 Å². The van der Waals surface area contributed by atoms with Crippen molar-refractivity contribution in [1.29, 1.82) is 0 Å². The van der Waals surface area contributed by atoms with E-state index in [0.717, 1.165) is 19.2 Å². The molecule has 2 N–H and O–H groups in total. The van der Waals surface area contributed by atoms with Gasteiger partial charge in [0, 0.05) is 0 Å². The van der Waals surface area contributed by atoms with Crippen molar-refractivity contribution < 1.29 is 32.0 Å². The second kappa shape index (κ2) is 5.76. The number of ether oxygens (including phenoxy) is 1. The molecule has 1 amide bonds. The highest BCUT2D eigenvalue weighted by Gasteiger charge is 2.33. The summed E-state index contributed by atoms with van der Waals surface area (Å²) in [5, 5.41) is 0. The summed E-state index contributed by atoms with van der Waals surface area (Å²) in [5.41, 5.74) is 1.63. The van der Waals surface area contributed by atoms with Gasteiger partial charge in [-0.15, -0.1) is 0 Å². The van der Waals surface area contributed by atoms with E-state index >= 15 is 0 Å². The van der Waals surface area contributed by atoms with E-state index in [1.807, 2.05) is 10.2 Å². The summed E-state index contributed by atoms with van der Waals surface area (Å²) in [6, 6.07) is 1.42. The first kappa shape index (κ1) is 15.4. The van der Waals surface area contributed by atoms with Crippen molar-refractivity contribution in [2.24, 2.45) is 0 Å². The Morgan fingerprint density at radius 2 is 2.24 bits per heavy atom. The lowest BCUT2D eigenvalue weighted by Gasteiger charge is -2.12. The smallest absolute Gasteiger partial charge is 0.339 e. The van der Waals surface area contributed by atoms with Crippen molar-refractivity contribution >= 4 is 21.9 Å². The number of amides is 1. The third-order valence-electron chi connectivity index (χ3n) is 2.68. The van der Waals surface area contributed by atoms with Crippen LogP contribution in [0, 0.1) is 5.82 Å². The predicted molar refractivity (Wildman–Crippen MR) is 65.9 cm³/mol. The largest absolute Gasteiger partial charge is 0.465 e. The Balaban J connectivity index is 2.41. The van der Waals surface area contributed by atoms with Crippen molar-refractivity contribution in [3.8, 4) is 0 Å². The van der Waals surface area contributed by atoms with E-state index in [9.17, 15) is 22.4 Å². The SMILES string of the molecule is COC(=O)c1ccc(F)cc1S(=O)(=O)N[C@@H]1CONC1=O. The second-order valence-corrected chi connectivity index (χ2v) is 5.77. The van der Waals surface area contributed by atoms with Crippen molar-refractivity contribution in [3.05, 3.63) is 29.6 Å². The minimum absolute atomic E-state index is 0.221. The Morgan fingerprint density at radius 3 is 2.81 bits per heavy atom. The van der Waals surface area contributed by atoms with Crippen LogP contribution in [0.5, 0.6) is 0 Å². The maximum Gasteiger partial charge on any atom is 0.339 e. The summed E-state index contributed by atoms with van der Waals surface area (Å²) in [6.07, 6.45) is 0. The first-order valence-electron chi connectivity index (χ1n) is 5.67. The number of halogens is 1. The first-order chi connectivity index (χ1) is 9.85. The number of sulfonamides is 1. The zero-order chi connectivity index (χ0) is 15.6. The summed E-state index contributed by atoms with van der Waals surface area (Å²) >= 11 is 0. The van der Waals surface area contributed by atoms with Crippen LogP contribution in [0.3, 0.4) is 0 Å². The average molecular weight is 318 g/mol. The topological polar surface area (TPSA) is 111 Å². The van der Waals surface area contributed by atoms with Gasteiger partial charge in [-0.3, -0.25) is 9.63 Å². The van der Waals surface area contributed by atoms with Gasteiger partial charge in [0.15, 0.2) is 0 Å². The molecule has 1 aromatic rings. The molecule has 21 heavy (non-hydrogen) atoms. The van der Waals surface area contributed by atoms with E-state index < -0.39 is 38.7 Å². The monoisotopic (exact) mass is 318 g/mol. The lowest BCUT2D eigenvalue weighted by Crippen LogP contribution is -2.42. The summed E-state index contributed by atoms with van der Waals surface area (Å²) in [4.78, 5) is 26.8. The van der Waals surface area contributed by atoms with Crippen molar-refractivity contribution in [3.63, 3.8) is 0 Å². The van der Waals surface area contributed by atoms with Gasteiger partial charge in [-0.25, -0.2) is 23.1 Å². The molecule has 1 fully saturated rings. The fourth-order valence-electron chi connectivity index (χ4n) is 1.68. The normalized spacial score (nSPS) is 18.4. The van der Waals surface area contributed by atoms with Gasteiger partial charge in [0.05, 0.1) is 17.6 Å². The molecule has 1 atom stereocenters. The van der Waals surface area contributed by atoms with E-state index in [1.165, 1.54) is 0 Å². The molecule has 1 heterocycles. The maximum absolute atomic E-state index is 13.3. The van der Waals surface area contributed by atoms with Crippen LogP contribution in [0.4, 0.5) is 4.39 Å². The van der Waals surface area contributed by atoms with Crippen LogP contribution in [0.25, 0.3) is 0 Å². The van der Waals surface area contributed by atoms with Gasteiger partial charge >= 0.3 is 5.97 Å². The Labute approximate surface area is 119 Å². The van der Waals surface area contributed by atoms with Crippen molar-refractivity contribution in [2.75, 3.05) is 13.7 Å². The molecular weight excluding hydrogens is 307 g/mol. The Bertz CT molecular complexity index is 690. The Kier molecular flexibility index (Phi) is 4.21. The van der Waals surface area contributed by atoms with Crippen LogP contribution in [-0.2, 0) is 24.4 Å². The van der Waals surface area contributed by atoms with E-state index in [4.69, 9.17) is 0 Å². The van der Waals surface area contributed by atoms with Crippen LogP contribution in [0.2, 0.25) is 0 Å². The number of carbonyl (C=O) groups excluding carboxylic acids is 2. The molecule has 0 saturated carbocycles. The third kappa shape index (κ3) is 3.17. The van der Waals surface area contributed by atoms with Gasteiger partial charge in [-0.1, -0.05) is 0 Å². The molecular formula is C11H11FN2O6S. The first-order valence-corrected chi connectivity index (χ1v) is 7.15. The molecule has 0 aromatic heterocycles. The molecule has 0 radical (unpaired) electrons. The molecule has 2 rings (SSSR count). The number of rotatable bonds is 4. The predicted octanol–water partition coefficient (Wildman–Crippen LogP) is -0.679. The number of hydrogen-bond acceptors (Lipinski definition) is 6. The number of benzene rings is 1. The van der Waals surface area contributed by atoms with Gasteiger partial charge in [0.2, 0.25) is 10.0 Å². The number of carbonyl (C=O) groups is 2. The lowest BCUT2D eigenvalue weighted by atomic mass is 10.2. The van der Waals surface area contributed by atoms with Gasteiger partial charge < -0.3 is 4.74 Å². The number of hydrogen-bond donors (Lipinski definition) is 2. The molecule has 0 unspecified atom stereocenters. The molecule has 0 bridgehead atoms. The molecule has 0 spiro atoms. The molecule has 1 aliphatic heterocycles. The number of nitrogens with one attached hydrogen (secondary N) is 2. The Morgan fingerprint density at radius 1 is 1.52 bits per heavy atom. The van der Waals surface area contributed by atoms with E-state index in [2.05, 4.69) is 9.57 Å². The minimum atomic E-state index is -4.32. The lowest BCUT2D eigenvalue weighted by molar-refractivity contribution is -0.124. The molecule has 114 valence electrons. The zero-order valence-electron chi connectivity index (χ0n) is 10.8. The fraction of sp³-hybridized carbons (Fsp3) is 0.273. The van der Waals surface area contributed by atoms with Gasteiger partial charge in [-0.05, 0) is 18.2 Å².